The van der Waals surface area contributed by atoms with Gasteiger partial charge in [0.05, 0.1) is 17.4 Å². The Morgan fingerprint density at radius 1 is 1.43 bits per heavy atom. The molecule has 0 aromatic heterocycles. The van der Waals surface area contributed by atoms with Crippen LogP contribution >= 0.6 is 0 Å². The van der Waals surface area contributed by atoms with Crippen molar-refractivity contribution in [1.82, 2.24) is 5.32 Å². The molecule has 0 aliphatic carbocycles. The van der Waals surface area contributed by atoms with Gasteiger partial charge in [-0.05, 0) is 24.3 Å². The maximum absolute atomic E-state index is 12.0. The van der Waals surface area contributed by atoms with Crippen molar-refractivity contribution in [3.8, 4) is 0 Å². The van der Waals surface area contributed by atoms with Crippen molar-refractivity contribution in [2.75, 3.05) is 16.6 Å². The van der Waals surface area contributed by atoms with Crippen molar-refractivity contribution < 1.29 is 18.0 Å². The topological polar surface area (TPSA) is 83.6 Å². The van der Waals surface area contributed by atoms with Gasteiger partial charge in [-0.3, -0.25) is 9.59 Å². The number of anilines is 1. The highest BCUT2D eigenvalue weighted by molar-refractivity contribution is 7.94. The van der Waals surface area contributed by atoms with Gasteiger partial charge in [0, 0.05) is 12.1 Å². The molecule has 1 aliphatic rings. The Hall–Kier alpha value is -2.15. The molecule has 0 radical (unpaired) electrons. The molecule has 1 atom stereocenters. The summed E-state index contributed by atoms with van der Waals surface area (Å²) in [6, 6.07) is 5.88. The van der Waals surface area contributed by atoms with E-state index in [1.807, 2.05) is 0 Å². The number of benzene rings is 1. The van der Waals surface area contributed by atoms with Crippen molar-refractivity contribution in [2.24, 2.45) is 5.92 Å². The number of amides is 2. The van der Waals surface area contributed by atoms with Gasteiger partial charge in [-0.1, -0.05) is 13.0 Å². The number of hydrogen-bond donors (Lipinski definition) is 1. The van der Waals surface area contributed by atoms with Crippen LogP contribution < -0.4 is 9.62 Å². The molecule has 1 heterocycles. The highest BCUT2D eigenvalue weighted by Gasteiger charge is 2.41. The van der Waals surface area contributed by atoms with Gasteiger partial charge in [-0.2, -0.15) is 0 Å². The van der Waals surface area contributed by atoms with E-state index in [9.17, 15) is 18.0 Å². The first-order chi connectivity index (χ1) is 9.86. The van der Waals surface area contributed by atoms with E-state index in [-0.39, 0.29) is 17.3 Å². The van der Waals surface area contributed by atoms with Crippen LogP contribution in [-0.4, -0.2) is 32.5 Å². The second kappa shape index (κ2) is 5.69. The number of rotatable bonds is 4. The number of hydrogen-bond acceptors (Lipinski definition) is 4. The Balaban J connectivity index is 2.25. The molecule has 2 rings (SSSR count). The molecule has 1 N–H and O–H groups in total. The number of carbonyl (C=O) groups excluding carboxylic acids is 2. The van der Waals surface area contributed by atoms with Crippen LogP contribution in [0.25, 0.3) is 0 Å². The molecule has 7 heteroatoms. The van der Waals surface area contributed by atoms with Gasteiger partial charge in [0.15, 0.2) is 0 Å². The van der Waals surface area contributed by atoms with E-state index in [1.54, 1.807) is 13.0 Å². The number of carbonyl (C=O) groups is 2. The molecule has 21 heavy (non-hydrogen) atoms. The van der Waals surface area contributed by atoms with Gasteiger partial charge in [-0.15, -0.1) is 6.58 Å². The molecule has 1 aromatic rings. The summed E-state index contributed by atoms with van der Waals surface area (Å²) in [7, 11) is -3.62. The Bertz CT molecular complexity index is 679. The molecule has 0 saturated carbocycles. The van der Waals surface area contributed by atoms with Crippen LogP contribution in [0.1, 0.15) is 17.3 Å². The third kappa shape index (κ3) is 2.97. The lowest BCUT2D eigenvalue weighted by Gasteiger charge is -2.15. The predicted molar refractivity (Wildman–Crippen MR) is 79.4 cm³/mol. The Labute approximate surface area is 123 Å². The highest BCUT2D eigenvalue weighted by Crippen LogP contribution is 2.28. The third-order valence-corrected chi connectivity index (χ3v) is 5.00. The second-order valence-corrected chi connectivity index (χ2v) is 6.69. The summed E-state index contributed by atoms with van der Waals surface area (Å²) >= 11 is 0. The predicted octanol–water partition coefficient (Wildman–Crippen LogP) is 0.915. The molecular weight excluding hydrogens is 292 g/mol. The minimum Gasteiger partial charge on any atom is -0.349 e. The molecule has 112 valence electrons. The van der Waals surface area contributed by atoms with Gasteiger partial charge >= 0.3 is 0 Å². The van der Waals surface area contributed by atoms with Crippen LogP contribution in [0.3, 0.4) is 0 Å². The smallest absolute Gasteiger partial charge is 0.251 e. The fourth-order valence-electron chi connectivity index (χ4n) is 2.10. The molecule has 0 bridgehead atoms. The first-order valence-corrected chi connectivity index (χ1v) is 8.03. The van der Waals surface area contributed by atoms with E-state index in [4.69, 9.17) is 0 Å². The van der Waals surface area contributed by atoms with Gasteiger partial charge in [-0.25, -0.2) is 12.7 Å². The zero-order valence-electron chi connectivity index (χ0n) is 11.6. The average Bonchev–Trinajstić information content (AvgIpc) is 2.64. The van der Waals surface area contributed by atoms with Crippen LogP contribution in [0, 0.1) is 5.92 Å². The summed E-state index contributed by atoms with van der Waals surface area (Å²) in [6.07, 6.45) is 1.56. The van der Waals surface area contributed by atoms with Crippen molar-refractivity contribution in [1.29, 1.82) is 0 Å². The monoisotopic (exact) mass is 308 g/mol. The van der Waals surface area contributed by atoms with Crippen molar-refractivity contribution in [2.45, 2.75) is 6.92 Å². The quantitative estimate of drug-likeness (QED) is 0.838. The van der Waals surface area contributed by atoms with Crippen LogP contribution in [0.5, 0.6) is 0 Å². The van der Waals surface area contributed by atoms with E-state index in [0.29, 0.717) is 12.1 Å². The van der Waals surface area contributed by atoms with Gasteiger partial charge in [0.1, 0.15) is 0 Å². The third-order valence-electron chi connectivity index (χ3n) is 3.13. The molecule has 2 amide bonds. The molecule has 1 aromatic carbocycles. The van der Waals surface area contributed by atoms with Crippen LogP contribution in [0.15, 0.2) is 36.9 Å². The largest absolute Gasteiger partial charge is 0.349 e. The Morgan fingerprint density at radius 3 is 2.52 bits per heavy atom. The zero-order chi connectivity index (χ0) is 15.6. The maximum Gasteiger partial charge on any atom is 0.251 e. The molecule has 1 unspecified atom stereocenters. The van der Waals surface area contributed by atoms with E-state index < -0.39 is 21.8 Å². The van der Waals surface area contributed by atoms with E-state index >= 15 is 0 Å². The lowest BCUT2D eigenvalue weighted by Crippen LogP contribution is -2.30. The summed E-state index contributed by atoms with van der Waals surface area (Å²) in [4.78, 5) is 23.7. The maximum atomic E-state index is 12.0. The molecule has 1 saturated heterocycles. The van der Waals surface area contributed by atoms with Gasteiger partial charge in [0.25, 0.3) is 5.91 Å². The average molecular weight is 308 g/mol. The normalized spacial score (nSPS) is 20.3. The fourth-order valence-corrected chi connectivity index (χ4v) is 3.92. The summed E-state index contributed by atoms with van der Waals surface area (Å²) in [6.45, 7) is 5.42. The molecule has 0 spiro atoms. The van der Waals surface area contributed by atoms with E-state index in [0.717, 1.165) is 4.31 Å². The number of sulfonamides is 1. The lowest BCUT2D eigenvalue weighted by atomic mass is 10.1. The zero-order valence-corrected chi connectivity index (χ0v) is 12.4. The fraction of sp³-hybridized carbons (Fsp3) is 0.286. The van der Waals surface area contributed by atoms with Crippen molar-refractivity contribution in [3.05, 3.63) is 42.5 Å². The first kappa shape index (κ1) is 15.2. The highest BCUT2D eigenvalue weighted by atomic mass is 32.2. The van der Waals surface area contributed by atoms with Gasteiger partial charge in [0.2, 0.25) is 15.9 Å². The van der Waals surface area contributed by atoms with E-state index in [2.05, 4.69) is 11.9 Å². The SMILES string of the molecule is C=CCNC(=O)c1ccc(N2C(=O)C(C)CS2(=O)=O)cc1. The van der Waals surface area contributed by atoms with Crippen LogP contribution in [0.2, 0.25) is 0 Å². The summed E-state index contributed by atoms with van der Waals surface area (Å²) < 4.78 is 24.7. The summed E-state index contributed by atoms with van der Waals surface area (Å²) in [5.74, 6) is -1.47. The van der Waals surface area contributed by atoms with Crippen LogP contribution in [-0.2, 0) is 14.8 Å². The number of nitrogens with one attached hydrogen (secondary N) is 1. The van der Waals surface area contributed by atoms with E-state index in [1.165, 1.54) is 24.3 Å². The van der Waals surface area contributed by atoms with Crippen LogP contribution in [0.4, 0.5) is 5.69 Å². The summed E-state index contributed by atoms with van der Waals surface area (Å²) in [5.41, 5.74) is 0.641. The second-order valence-electron chi connectivity index (χ2n) is 4.83. The molecular formula is C14H16N2O4S. The number of nitrogens with zero attached hydrogens (tertiary/aromatic N) is 1. The van der Waals surface area contributed by atoms with Gasteiger partial charge < -0.3 is 5.32 Å². The molecule has 1 aliphatic heterocycles. The standard InChI is InChI=1S/C14H16N2O4S/c1-3-8-15-13(17)11-4-6-12(7-5-11)16-14(18)10(2)9-21(16,19)20/h3-7,10H,1,8-9H2,2H3,(H,15,17). The molecule has 1 fully saturated rings. The Kier molecular flexibility index (Phi) is 4.13. The lowest BCUT2D eigenvalue weighted by molar-refractivity contribution is -0.119. The Morgan fingerprint density at radius 2 is 2.05 bits per heavy atom. The first-order valence-electron chi connectivity index (χ1n) is 6.43. The summed E-state index contributed by atoms with van der Waals surface area (Å²) in [5, 5.41) is 2.61. The molecule has 6 nitrogen and oxygen atoms in total. The minimum absolute atomic E-state index is 0.187. The van der Waals surface area contributed by atoms with Crippen molar-refractivity contribution >= 4 is 27.5 Å². The minimum atomic E-state index is -3.62. The van der Waals surface area contributed by atoms with Crippen molar-refractivity contribution in [3.63, 3.8) is 0 Å².